The van der Waals surface area contributed by atoms with Crippen molar-refractivity contribution in [2.24, 2.45) is 0 Å². The van der Waals surface area contributed by atoms with Crippen LogP contribution >= 0.6 is 0 Å². The number of β-amino-alcohol motifs (C(OH)–C–C–N with tert-alkyl or cyclic N) is 1. The Hall–Kier alpha value is -2.35. The number of halogens is 2. The average Bonchev–Trinajstić information content (AvgIpc) is 3.27. The molecule has 3 atom stereocenters. The minimum atomic E-state index is -0.703. The zero-order valence-electron chi connectivity index (χ0n) is 21.6. The third-order valence-electron chi connectivity index (χ3n) is 6.87. The SMILES string of the molecule is CCOC(=O)CCc1ccc(F)cc1[C@@H](CC)OCC(O)CN1CCC[C@H]1Cc1ccc(C)c(F)c1. The van der Waals surface area contributed by atoms with Crippen molar-refractivity contribution in [3.8, 4) is 0 Å². The molecule has 1 unspecified atom stereocenters. The predicted molar refractivity (Wildman–Crippen MR) is 136 cm³/mol. The van der Waals surface area contributed by atoms with Gasteiger partial charge in [0.15, 0.2) is 0 Å². The van der Waals surface area contributed by atoms with Gasteiger partial charge in [-0.1, -0.05) is 25.1 Å². The maximum absolute atomic E-state index is 14.1. The molecule has 1 heterocycles. The molecule has 0 aromatic heterocycles. The molecule has 1 aliphatic rings. The molecule has 0 aliphatic carbocycles. The van der Waals surface area contributed by atoms with Crippen LogP contribution in [0.25, 0.3) is 0 Å². The number of hydrogen-bond acceptors (Lipinski definition) is 5. The van der Waals surface area contributed by atoms with E-state index in [0.717, 1.165) is 36.9 Å². The molecule has 198 valence electrons. The van der Waals surface area contributed by atoms with Crippen LogP contribution in [0, 0.1) is 18.6 Å². The van der Waals surface area contributed by atoms with Crippen LogP contribution in [-0.4, -0.2) is 54.4 Å². The highest BCUT2D eigenvalue weighted by molar-refractivity contribution is 5.69. The monoisotopic (exact) mass is 503 g/mol. The number of carbonyl (C=O) groups is 1. The molecule has 1 saturated heterocycles. The lowest BCUT2D eigenvalue weighted by Gasteiger charge is -2.28. The maximum atomic E-state index is 14.1. The molecule has 1 fully saturated rings. The van der Waals surface area contributed by atoms with Gasteiger partial charge in [-0.2, -0.15) is 0 Å². The number of aryl methyl sites for hydroxylation is 2. The molecule has 2 aromatic rings. The molecule has 7 heteroatoms. The fourth-order valence-corrected chi connectivity index (χ4v) is 4.94. The van der Waals surface area contributed by atoms with Crippen molar-refractivity contribution in [2.75, 3.05) is 26.3 Å². The van der Waals surface area contributed by atoms with Crippen molar-refractivity contribution in [3.05, 3.63) is 70.3 Å². The summed E-state index contributed by atoms with van der Waals surface area (Å²) in [6.45, 7) is 7.27. The van der Waals surface area contributed by atoms with E-state index in [1.165, 1.54) is 12.1 Å². The first-order chi connectivity index (χ1) is 17.3. The topological polar surface area (TPSA) is 59.0 Å². The van der Waals surface area contributed by atoms with Gasteiger partial charge in [0.2, 0.25) is 0 Å². The Morgan fingerprint density at radius 1 is 1.19 bits per heavy atom. The standard InChI is InChI=1S/C29H39F2NO4/c1-4-28(26-17-23(30)12-10-22(26)11-13-29(34)35-5-2)36-19-25(33)18-32-14-6-7-24(32)15-21-9-8-20(3)27(31)16-21/h8-10,12,16-17,24-25,28,33H,4-7,11,13-15,18-19H2,1-3H3/t24-,25?,28+/m0/s1. The zero-order valence-corrected chi connectivity index (χ0v) is 21.6. The molecule has 0 radical (unpaired) electrons. The van der Waals surface area contributed by atoms with Crippen molar-refractivity contribution >= 4 is 5.97 Å². The highest BCUT2D eigenvalue weighted by atomic mass is 19.1. The van der Waals surface area contributed by atoms with Crippen molar-refractivity contribution in [2.45, 2.75) is 77.5 Å². The van der Waals surface area contributed by atoms with E-state index in [0.29, 0.717) is 37.1 Å². The molecule has 0 amide bonds. The summed E-state index contributed by atoms with van der Waals surface area (Å²) < 4.78 is 39.1. The Bertz CT molecular complexity index is 999. The van der Waals surface area contributed by atoms with Gasteiger partial charge in [-0.25, -0.2) is 8.78 Å². The maximum Gasteiger partial charge on any atom is 0.306 e. The summed E-state index contributed by atoms with van der Waals surface area (Å²) in [5.74, 6) is -0.833. The first-order valence-corrected chi connectivity index (χ1v) is 13.0. The molecule has 0 spiro atoms. The summed E-state index contributed by atoms with van der Waals surface area (Å²) in [7, 11) is 0. The number of esters is 1. The molecule has 0 bridgehead atoms. The molecule has 3 rings (SSSR count). The van der Waals surface area contributed by atoms with Gasteiger partial charge in [-0.05, 0) is 92.9 Å². The predicted octanol–water partition coefficient (Wildman–Crippen LogP) is 5.30. The van der Waals surface area contributed by atoms with Crippen LogP contribution in [0.15, 0.2) is 36.4 Å². The van der Waals surface area contributed by atoms with Gasteiger partial charge in [0.25, 0.3) is 0 Å². The van der Waals surface area contributed by atoms with Crippen LogP contribution in [0.1, 0.15) is 67.9 Å². The minimum Gasteiger partial charge on any atom is -0.466 e. The van der Waals surface area contributed by atoms with E-state index in [4.69, 9.17) is 9.47 Å². The summed E-state index contributed by atoms with van der Waals surface area (Å²) in [6.07, 6.45) is 2.95. The fraction of sp³-hybridized carbons (Fsp3) is 0.552. The van der Waals surface area contributed by atoms with Gasteiger partial charge in [0, 0.05) is 19.0 Å². The molecular weight excluding hydrogens is 464 g/mol. The number of aliphatic hydroxyl groups excluding tert-OH is 1. The third-order valence-corrected chi connectivity index (χ3v) is 6.87. The molecule has 2 aromatic carbocycles. The fourth-order valence-electron chi connectivity index (χ4n) is 4.94. The Labute approximate surface area is 213 Å². The Morgan fingerprint density at radius 3 is 2.72 bits per heavy atom. The lowest BCUT2D eigenvalue weighted by molar-refractivity contribution is -0.143. The molecular formula is C29H39F2NO4. The number of carbonyl (C=O) groups excluding carboxylic acids is 1. The summed E-state index contributed by atoms with van der Waals surface area (Å²) in [4.78, 5) is 14.1. The van der Waals surface area contributed by atoms with Crippen LogP contribution in [0.3, 0.4) is 0 Å². The van der Waals surface area contributed by atoms with Crippen molar-refractivity contribution in [3.63, 3.8) is 0 Å². The number of hydrogen-bond donors (Lipinski definition) is 1. The van der Waals surface area contributed by atoms with Crippen LogP contribution in [0.2, 0.25) is 0 Å². The first-order valence-electron chi connectivity index (χ1n) is 13.0. The normalized spacial score (nSPS) is 17.8. The van der Waals surface area contributed by atoms with Gasteiger partial charge < -0.3 is 14.6 Å². The van der Waals surface area contributed by atoms with E-state index in [-0.39, 0.29) is 36.7 Å². The van der Waals surface area contributed by atoms with Gasteiger partial charge >= 0.3 is 5.97 Å². The summed E-state index contributed by atoms with van der Waals surface area (Å²) in [5, 5.41) is 10.8. The zero-order chi connectivity index (χ0) is 26.1. The van der Waals surface area contributed by atoms with E-state index in [9.17, 15) is 18.7 Å². The van der Waals surface area contributed by atoms with Crippen LogP contribution < -0.4 is 0 Å². The Kier molecular flexibility index (Phi) is 10.8. The van der Waals surface area contributed by atoms with Crippen LogP contribution in [0.5, 0.6) is 0 Å². The Morgan fingerprint density at radius 2 is 2.00 bits per heavy atom. The van der Waals surface area contributed by atoms with Gasteiger partial charge in [-0.3, -0.25) is 9.69 Å². The molecule has 5 nitrogen and oxygen atoms in total. The van der Waals surface area contributed by atoms with Crippen LogP contribution in [-0.2, 0) is 27.1 Å². The highest BCUT2D eigenvalue weighted by Gasteiger charge is 2.27. The van der Waals surface area contributed by atoms with Gasteiger partial charge in [0.05, 0.1) is 25.4 Å². The lowest BCUT2D eigenvalue weighted by Crippen LogP contribution is -2.39. The van der Waals surface area contributed by atoms with Crippen molar-refractivity contribution < 1.29 is 28.2 Å². The van der Waals surface area contributed by atoms with E-state index >= 15 is 0 Å². The number of rotatable bonds is 13. The minimum absolute atomic E-state index is 0.120. The van der Waals surface area contributed by atoms with Crippen molar-refractivity contribution in [1.82, 2.24) is 4.90 Å². The van der Waals surface area contributed by atoms with E-state index in [1.54, 1.807) is 26.0 Å². The smallest absolute Gasteiger partial charge is 0.306 e. The molecule has 1 N–H and O–H groups in total. The summed E-state index contributed by atoms with van der Waals surface area (Å²) in [6, 6.07) is 10.2. The highest BCUT2D eigenvalue weighted by Crippen LogP contribution is 2.28. The second-order valence-electron chi connectivity index (χ2n) is 9.61. The quantitative estimate of drug-likeness (QED) is 0.376. The second kappa shape index (κ2) is 13.8. The summed E-state index contributed by atoms with van der Waals surface area (Å²) in [5.41, 5.74) is 3.15. The first kappa shape index (κ1) is 28.2. The average molecular weight is 504 g/mol. The molecule has 0 saturated carbocycles. The number of nitrogens with zero attached hydrogens (tertiary/aromatic N) is 1. The van der Waals surface area contributed by atoms with E-state index in [1.807, 2.05) is 19.1 Å². The lowest BCUT2D eigenvalue weighted by atomic mass is 9.97. The number of likely N-dealkylation sites (tertiary alicyclic amines) is 1. The number of benzene rings is 2. The summed E-state index contributed by atoms with van der Waals surface area (Å²) >= 11 is 0. The van der Waals surface area contributed by atoms with E-state index < -0.39 is 12.2 Å². The molecule has 36 heavy (non-hydrogen) atoms. The van der Waals surface area contributed by atoms with Crippen LogP contribution in [0.4, 0.5) is 8.78 Å². The molecule has 1 aliphatic heterocycles. The van der Waals surface area contributed by atoms with Gasteiger partial charge in [0.1, 0.15) is 11.6 Å². The largest absolute Gasteiger partial charge is 0.466 e. The van der Waals surface area contributed by atoms with Gasteiger partial charge in [-0.15, -0.1) is 0 Å². The van der Waals surface area contributed by atoms with E-state index in [2.05, 4.69) is 4.90 Å². The second-order valence-corrected chi connectivity index (χ2v) is 9.61. The third kappa shape index (κ3) is 8.08. The number of aliphatic hydroxyl groups is 1. The van der Waals surface area contributed by atoms with Crippen molar-refractivity contribution in [1.29, 1.82) is 0 Å². The Balaban J connectivity index is 1.57. The number of ether oxygens (including phenoxy) is 2.